The van der Waals surface area contributed by atoms with Crippen molar-refractivity contribution >= 4 is 67.0 Å². The number of piperidine rings is 2. The van der Waals surface area contributed by atoms with Gasteiger partial charge in [0.1, 0.15) is 24.0 Å². The first kappa shape index (κ1) is 33.2. The van der Waals surface area contributed by atoms with Crippen LogP contribution < -0.4 is 25.4 Å². The molecule has 16 nitrogen and oxygen atoms in total. The van der Waals surface area contributed by atoms with Gasteiger partial charge in [0.25, 0.3) is 5.91 Å². The first-order valence-corrected chi connectivity index (χ1v) is 17.2. The summed E-state index contributed by atoms with van der Waals surface area (Å²) in [5.74, 6) is -4.22. The molecule has 0 spiro atoms. The van der Waals surface area contributed by atoms with E-state index in [2.05, 4.69) is 10.6 Å². The number of likely N-dealkylation sites (tertiary alicyclic amines) is 1. The first-order chi connectivity index (χ1) is 23.7. The molecule has 4 amide bonds. The molecule has 3 aromatic carbocycles. The highest BCUT2D eigenvalue weighted by molar-refractivity contribution is 7.92. The number of halogens is 1. The van der Waals surface area contributed by atoms with Crippen LogP contribution in [0.3, 0.4) is 0 Å². The zero-order chi connectivity index (χ0) is 35.6. The number of nitrogens with zero attached hydrogens (tertiary/aromatic N) is 4. The highest BCUT2D eigenvalue weighted by Crippen LogP contribution is 2.39. The Balaban J connectivity index is 1.02. The summed E-state index contributed by atoms with van der Waals surface area (Å²) in [5, 5.41) is 26.8. The Bertz CT molecular complexity index is 2300. The number of β-amino-alcohol motifs (C(OH)–C–C–N with tert-alkyl or cyclic N) is 1. The van der Waals surface area contributed by atoms with E-state index in [1.54, 1.807) is 22.7 Å². The topological polar surface area (TPSA) is 212 Å². The zero-order valence-electron chi connectivity index (χ0n) is 26.6. The predicted molar refractivity (Wildman–Crippen MR) is 177 cm³/mol. The standard InChI is InChI=1S/C32H32FN7O9S/c1-37-23-11-16(2-5-21(23)40(32(37)47)22-6-7-26(43)35-31(22)46)19-8-9-38(13-25(19)42)14-27(44)34-18-3-4-20-17(10-18)12-24(41)30(29(20)33)39-15-28(45)36-50(39,48)49/h2-5,10-12,19,22,25,41-42H,6-9,13-15H2,1H3,(H,34,44)(H,36,45)(H,35,43,46)/t19-,22?,25+/m1/s1. The van der Waals surface area contributed by atoms with Gasteiger partial charge in [-0.25, -0.2) is 18.2 Å². The number of nitrogens with one attached hydrogen (secondary N) is 3. The smallest absolute Gasteiger partial charge is 0.329 e. The molecular weight excluding hydrogens is 677 g/mol. The maximum atomic E-state index is 15.4. The molecule has 3 saturated heterocycles. The lowest BCUT2D eigenvalue weighted by Crippen LogP contribution is -2.45. The number of aliphatic hydroxyl groups is 1. The second-order valence-electron chi connectivity index (χ2n) is 12.7. The third-order valence-corrected chi connectivity index (χ3v) is 10.9. The van der Waals surface area contributed by atoms with E-state index in [4.69, 9.17) is 0 Å². The summed E-state index contributed by atoms with van der Waals surface area (Å²) in [6.45, 7) is -0.0890. The van der Waals surface area contributed by atoms with Crippen LogP contribution in [0.2, 0.25) is 0 Å². The van der Waals surface area contributed by atoms with Crippen LogP contribution in [0.5, 0.6) is 5.75 Å². The summed E-state index contributed by atoms with van der Waals surface area (Å²) >= 11 is 0. The van der Waals surface area contributed by atoms with E-state index >= 15 is 4.39 Å². The number of carbonyl (C=O) groups is 4. The van der Waals surface area contributed by atoms with E-state index in [1.165, 1.54) is 27.3 Å². The second kappa shape index (κ2) is 12.2. The van der Waals surface area contributed by atoms with Crippen molar-refractivity contribution in [3.63, 3.8) is 0 Å². The number of aryl methyl sites for hydroxylation is 1. The number of benzene rings is 3. The number of anilines is 2. The maximum Gasteiger partial charge on any atom is 0.329 e. The molecule has 0 aliphatic carbocycles. The molecule has 5 N–H and O–H groups in total. The van der Waals surface area contributed by atoms with Gasteiger partial charge in [-0.05, 0) is 66.7 Å². The minimum absolute atomic E-state index is 0.0404. The normalized spacial score (nSPS) is 22.6. The molecule has 0 radical (unpaired) electrons. The fraction of sp³-hybridized carbons (Fsp3) is 0.344. The average molecular weight is 710 g/mol. The van der Waals surface area contributed by atoms with E-state index in [-0.39, 0.29) is 54.2 Å². The number of amides is 4. The van der Waals surface area contributed by atoms with E-state index < -0.39 is 63.9 Å². The Morgan fingerprint density at radius 2 is 1.82 bits per heavy atom. The van der Waals surface area contributed by atoms with Crippen molar-refractivity contribution in [2.75, 3.05) is 35.8 Å². The van der Waals surface area contributed by atoms with E-state index in [0.717, 1.165) is 11.6 Å². The van der Waals surface area contributed by atoms with Gasteiger partial charge >= 0.3 is 15.9 Å². The van der Waals surface area contributed by atoms with Crippen molar-refractivity contribution in [1.82, 2.24) is 24.1 Å². The monoisotopic (exact) mass is 709 g/mol. The molecule has 1 aromatic heterocycles. The van der Waals surface area contributed by atoms with E-state index in [9.17, 15) is 42.6 Å². The third kappa shape index (κ3) is 5.73. The number of phenols is 1. The summed E-state index contributed by atoms with van der Waals surface area (Å²) in [6.07, 6.45) is 0.0156. The van der Waals surface area contributed by atoms with Crippen LogP contribution in [0.1, 0.15) is 36.8 Å². The van der Waals surface area contributed by atoms with Crippen molar-refractivity contribution < 1.29 is 42.2 Å². The molecule has 3 aliphatic rings. The number of fused-ring (bicyclic) bond motifs is 2. The van der Waals surface area contributed by atoms with Crippen LogP contribution >= 0.6 is 0 Å². The lowest BCUT2D eigenvalue weighted by Gasteiger charge is -2.35. The third-order valence-electron chi connectivity index (χ3n) is 9.48. The molecule has 3 aliphatic heterocycles. The van der Waals surface area contributed by atoms with Crippen molar-refractivity contribution in [1.29, 1.82) is 0 Å². The number of aromatic hydroxyl groups is 1. The number of rotatable bonds is 6. The lowest BCUT2D eigenvalue weighted by atomic mass is 9.87. The van der Waals surface area contributed by atoms with Gasteiger partial charge in [0.2, 0.25) is 17.7 Å². The highest BCUT2D eigenvalue weighted by atomic mass is 32.2. The Morgan fingerprint density at radius 1 is 1.04 bits per heavy atom. The largest absolute Gasteiger partial charge is 0.506 e. The Labute approximate surface area is 283 Å². The Kier molecular flexibility index (Phi) is 8.11. The number of carbonyl (C=O) groups excluding carboxylic acids is 4. The van der Waals surface area contributed by atoms with Crippen LogP contribution in [-0.4, -0.2) is 88.6 Å². The molecule has 18 heteroatoms. The van der Waals surface area contributed by atoms with Crippen LogP contribution in [0.25, 0.3) is 21.8 Å². The van der Waals surface area contributed by atoms with Gasteiger partial charge in [0.05, 0.1) is 23.7 Å². The van der Waals surface area contributed by atoms with Crippen molar-refractivity contribution in [2.24, 2.45) is 7.05 Å². The molecule has 3 fully saturated rings. The molecule has 0 bridgehead atoms. The lowest BCUT2D eigenvalue weighted by molar-refractivity contribution is -0.135. The van der Waals surface area contributed by atoms with Gasteiger partial charge in [0, 0.05) is 37.0 Å². The quantitative estimate of drug-likeness (QED) is 0.173. The molecular formula is C32H32FN7O9S. The fourth-order valence-corrected chi connectivity index (χ4v) is 8.24. The number of aromatic nitrogens is 2. The number of imide groups is 1. The van der Waals surface area contributed by atoms with Crippen LogP contribution in [-0.2, 0) is 36.4 Å². The van der Waals surface area contributed by atoms with Crippen molar-refractivity contribution in [3.8, 4) is 5.75 Å². The van der Waals surface area contributed by atoms with Gasteiger partial charge in [-0.2, -0.15) is 8.42 Å². The van der Waals surface area contributed by atoms with Crippen LogP contribution in [0.4, 0.5) is 15.8 Å². The summed E-state index contributed by atoms with van der Waals surface area (Å²) in [5.41, 5.74) is 1.16. The average Bonchev–Trinajstić information content (AvgIpc) is 3.45. The van der Waals surface area contributed by atoms with Crippen LogP contribution in [0.15, 0.2) is 47.3 Å². The van der Waals surface area contributed by atoms with Crippen molar-refractivity contribution in [2.45, 2.75) is 37.3 Å². The Morgan fingerprint density at radius 3 is 2.52 bits per heavy atom. The summed E-state index contributed by atoms with van der Waals surface area (Å²) in [4.78, 5) is 63.7. The molecule has 3 atom stereocenters. The Hall–Kier alpha value is -5.33. The molecule has 4 aromatic rings. The number of hydrogen-bond donors (Lipinski definition) is 5. The number of hydrogen-bond acceptors (Lipinski definition) is 10. The van der Waals surface area contributed by atoms with E-state index in [0.29, 0.717) is 34.0 Å². The van der Waals surface area contributed by atoms with Gasteiger partial charge in [0.15, 0.2) is 5.82 Å². The SMILES string of the molecule is Cn1c(=O)n(C2CCC(=O)NC2=O)c2ccc([C@H]3CCN(CC(=O)Nc4ccc5c(F)c(N6CC(=O)NS6(=O)=O)c(O)cc5c4)C[C@@H]3O)cc21. The first-order valence-electron chi connectivity index (χ1n) is 15.7. The second-order valence-corrected chi connectivity index (χ2v) is 14.3. The number of aliphatic hydroxyl groups excluding tert-OH is 1. The van der Waals surface area contributed by atoms with Crippen LogP contribution in [0, 0.1) is 5.82 Å². The molecule has 262 valence electrons. The fourth-order valence-electron chi connectivity index (χ4n) is 7.07. The maximum absolute atomic E-state index is 15.4. The summed E-state index contributed by atoms with van der Waals surface area (Å²) in [7, 11) is -2.76. The van der Waals surface area contributed by atoms with E-state index in [1.807, 2.05) is 12.1 Å². The molecule has 0 saturated carbocycles. The summed E-state index contributed by atoms with van der Waals surface area (Å²) in [6, 6.07) is 9.86. The van der Waals surface area contributed by atoms with Gasteiger partial charge in [-0.3, -0.25) is 38.5 Å². The van der Waals surface area contributed by atoms with Gasteiger partial charge < -0.3 is 15.5 Å². The molecule has 1 unspecified atom stereocenters. The van der Waals surface area contributed by atoms with Gasteiger partial charge in [-0.1, -0.05) is 6.07 Å². The van der Waals surface area contributed by atoms with Gasteiger partial charge in [-0.15, -0.1) is 0 Å². The zero-order valence-corrected chi connectivity index (χ0v) is 27.4. The molecule has 7 rings (SSSR count). The summed E-state index contributed by atoms with van der Waals surface area (Å²) < 4.78 is 44.9. The highest BCUT2D eigenvalue weighted by Gasteiger charge is 2.38. The predicted octanol–water partition coefficient (Wildman–Crippen LogP) is 0.286. The minimum Gasteiger partial charge on any atom is -0.506 e. The minimum atomic E-state index is -4.36. The number of imidazole rings is 1. The number of phenolic OH excluding ortho intramolecular Hbond substituents is 1. The molecule has 50 heavy (non-hydrogen) atoms. The molecule has 4 heterocycles. The van der Waals surface area contributed by atoms with Crippen molar-refractivity contribution in [3.05, 3.63) is 64.3 Å².